The summed E-state index contributed by atoms with van der Waals surface area (Å²) in [6.07, 6.45) is 2.81. The SMILES string of the molecule is CC(CNCc1cnco1)CN(C)C(=O)OC(C)(C)C. The highest BCUT2D eigenvalue weighted by molar-refractivity contribution is 5.67. The van der Waals surface area contributed by atoms with Gasteiger partial charge in [0.05, 0.1) is 12.7 Å². The first-order valence-electron chi connectivity index (χ1n) is 6.80. The maximum absolute atomic E-state index is 11.8. The molecular weight excluding hydrogens is 258 g/mol. The molecule has 114 valence electrons. The molecule has 1 rings (SSSR count). The van der Waals surface area contributed by atoms with Gasteiger partial charge in [0.25, 0.3) is 0 Å². The molecule has 0 radical (unpaired) electrons. The average Bonchev–Trinajstić information content (AvgIpc) is 2.79. The number of amides is 1. The summed E-state index contributed by atoms with van der Waals surface area (Å²) >= 11 is 0. The lowest BCUT2D eigenvalue weighted by Gasteiger charge is -2.26. The molecule has 0 aliphatic rings. The molecule has 0 saturated carbocycles. The third-order valence-corrected chi connectivity index (χ3v) is 2.57. The molecule has 1 atom stereocenters. The second kappa shape index (κ2) is 7.28. The average molecular weight is 283 g/mol. The van der Waals surface area contributed by atoms with Crippen LogP contribution in [0.4, 0.5) is 4.79 Å². The zero-order valence-electron chi connectivity index (χ0n) is 13.0. The minimum Gasteiger partial charge on any atom is -0.447 e. The Hall–Kier alpha value is -1.56. The van der Waals surface area contributed by atoms with E-state index < -0.39 is 5.60 Å². The van der Waals surface area contributed by atoms with Crippen LogP contribution in [0.3, 0.4) is 0 Å². The number of hydrogen-bond donors (Lipinski definition) is 1. The second-order valence-electron chi connectivity index (χ2n) is 6.06. The molecule has 6 nitrogen and oxygen atoms in total. The maximum Gasteiger partial charge on any atom is 0.410 e. The number of nitrogens with zero attached hydrogens (tertiary/aromatic N) is 2. The predicted molar refractivity (Wildman–Crippen MR) is 76.2 cm³/mol. The van der Waals surface area contributed by atoms with Gasteiger partial charge in [0.15, 0.2) is 6.39 Å². The van der Waals surface area contributed by atoms with Gasteiger partial charge in [-0.2, -0.15) is 0 Å². The van der Waals surface area contributed by atoms with Gasteiger partial charge >= 0.3 is 6.09 Å². The Balaban J connectivity index is 2.23. The van der Waals surface area contributed by atoms with Crippen molar-refractivity contribution in [3.8, 4) is 0 Å². The van der Waals surface area contributed by atoms with Crippen LogP contribution in [0.25, 0.3) is 0 Å². The Bertz CT molecular complexity index is 398. The van der Waals surface area contributed by atoms with Gasteiger partial charge in [0.1, 0.15) is 11.4 Å². The van der Waals surface area contributed by atoms with E-state index in [1.165, 1.54) is 6.39 Å². The monoisotopic (exact) mass is 283 g/mol. The number of hydrogen-bond acceptors (Lipinski definition) is 5. The van der Waals surface area contributed by atoms with Crippen LogP contribution in [0, 0.1) is 5.92 Å². The number of oxazole rings is 1. The lowest BCUT2D eigenvalue weighted by molar-refractivity contribution is 0.0276. The van der Waals surface area contributed by atoms with E-state index in [9.17, 15) is 4.79 Å². The van der Waals surface area contributed by atoms with E-state index >= 15 is 0 Å². The fraction of sp³-hybridized carbons (Fsp3) is 0.714. The van der Waals surface area contributed by atoms with E-state index in [0.717, 1.165) is 12.3 Å². The lowest BCUT2D eigenvalue weighted by atomic mass is 10.1. The van der Waals surface area contributed by atoms with Crippen LogP contribution >= 0.6 is 0 Å². The summed E-state index contributed by atoms with van der Waals surface area (Å²) in [5.41, 5.74) is -0.459. The Morgan fingerprint density at radius 2 is 2.25 bits per heavy atom. The van der Waals surface area contributed by atoms with Crippen molar-refractivity contribution < 1.29 is 13.9 Å². The van der Waals surface area contributed by atoms with E-state index in [4.69, 9.17) is 9.15 Å². The molecule has 0 fully saturated rings. The first-order valence-corrected chi connectivity index (χ1v) is 6.80. The van der Waals surface area contributed by atoms with Crippen molar-refractivity contribution in [3.05, 3.63) is 18.4 Å². The summed E-state index contributed by atoms with van der Waals surface area (Å²) in [5, 5.41) is 3.27. The van der Waals surface area contributed by atoms with Crippen LogP contribution in [-0.4, -0.2) is 41.7 Å². The highest BCUT2D eigenvalue weighted by Crippen LogP contribution is 2.10. The van der Waals surface area contributed by atoms with Gasteiger partial charge in [0, 0.05) is 13.6 Å². The molecule has 1 aromatic rings. The zero-order chi connectivity index (χ0) is 15.2. The Kier molecular flexibility index (Phi) is 6.01. The highest BCUT2D eigenvalue weighted by Gasteiger charge is 2.20. The molecule has 0 spiro atoms. The highest BCUT2D eigenvalue weighted by atomic mass is 16.6. The van der Waals surface area contributed by atoms with Gasteiger partial charge in [-0.05, 0) is 33.2 Å². The number of aromatic nitrogens is 1. The zero-order valence-corrected chi connectivity index (χ0v) is 13.0. The fourth-order valence-corrected chi connectivity index (χ4v) is 1.72. The van der Waals surface area contributed by atoms with Gasteiger partial charge in [-0.15, -0.1) is 0 Å². The molecule has 0 aliphatic carbocycles. The summed E-state index contributed by atoms with van der Waals surface area (Å²) in [6.45, 7) is 9.73. The summed E-state index contributed by atoms with van der Waals surface area (Å²) in [5.74, 6) is 1.12. The molecular formula is C14H25N3O3. The summed E-state index contributed by atoms with van der Waals surface area (Å²) < 4.78 is 10.4. The summed E-state index contributed by atoms with van der Waals surface area (Å²) in [7, 11) is 1.75. The van der Waals surface area contributed by atoms with Crippen molar-refractivity contribution >= 4 is 6.09 Å². The molecule has 1 heterocycles. The van der Waals surface area contributed by atoms with Crippen molar-refractivity contribution in [3.63, 3.8) is 0 Å². The molecule has 0 bridgehead atoms. The molecule has 0 aliphatic heterocycles. The Morgan fingerprint density at radius 1 is 1.55 bits per heavy atom. The van der Waals surface area contributed by atoms with Crippen LogP contribution in [0.5, 0.6) is 0 Å². The van der Waals surface area contributed by atoms with Crippen molar-refractivity contribution in [2.75, 3.05) is 20.1 Å². The van der Waals surface area contributed by atoms with Crippen LogP contribution in [0.1, 0.15) is 33.5 Å². The molecule has 6 heteroatoms. The fourth-order valence-electron chi connectivity index (χ4n) is 1.72. The van der Waals surface area contributed by atoms with E-state index in [1.54, 1.807) is 18.1 Å². The van der Waals surface area contributed by atoms with Gasteiger partial charge in [-0.1, -0.05) is 6.92 Å². The number of nitrogens with one attached hydrogen (secondary N) is 1. The molecule has 1 aromatic heterocycles. The third-order valence-electron chi connectivity index (χ3n) is 2.57. The van der Waals surface area contributed by atoms with E-state index in [0.29, 0.717) is 19.0 Å². The largest absolute Gasteiger partial charge is 0.447 e. The number of ether oxygens (including phenoxy) is 1. The number of carbonyl (C=O) groups excluding carboxylic acids is 1. The van der Waals surface area contributed by atoms with Crippen LogP contribution in [0.15, 0.2) is 17.0 Å². The maximum atomic E-state index is 11.8. The third kappa shape index (κ3) is 6.56. The molecule has 1 unspecified atom stereocenters. The van der Waals surface area contributed by atoms with Crippen molar-refractivity contribution in [1.82, 2.24) is 15.2 Å². The lowest BCUT2D eigenvalue weighted by Crippen LogP contribution is -2.38. The van der Waals surface area contributed by atoms with Gasteiger partial charge in [-0.3, -0.25) is 0 Å². The number of rotatable bonds is 6. The van der Waals surface area contributed by atoms with E-state index in [-0.39, 0.29) is 6.09 Å². The Morgan fingerprint density at radius 3 is 2.80 bits per heavy atom. The molecule has 1 amide bonds. The smallest absolute Gasteiger partial charge is 0.410 e. The topological polar surface area (TPSA) is 67.6 Å². The second-order valence-corrected chi connectivity index (χ2v) is 6.06. The van der Waals surface area contributed by atoms with Gasteiger partial charge in [-0.25, -0.2) is 9.78 Å². The molecule has 1 N–H and O–H groups in total. The summed E-state index contributed by atoms with van der Waals surface area (Å²) in [6, 6.07) is 0. The molecule has 0 saturated heterocycles. The van der Waals surface area contributed by atoms with Crippen molar-refractivity contribution in [2.24, 2.45) is 5.92 Å². The normalized spacial score (nSPS) is 13.1. The predicted octanol–water partition coefficient (Wildman–Crippen LogP) is 2.27. The Labute approximate surface area is 120 Å². The van der Waals surface area contributed by atoms with Crippen molar-refractivity contribution in [1.29, 1.82) is 0 Å². The summed E-state index contributed by atoms with van der Waals surface area (Å²) in [4.78, 5) is 17.3. The van der Waals surface area contributed by atoms with E-state index in [2.05, 4.69) is 17.2 Å². The number of carbonyl (C=O) groups is 1. The van der Waals surface area contributed by atoms with Crippen LogP contribution in [0.2, 0.25) is 0 Å². The van der Waals surface area contributed by atoms with Crippen LogP contribution < -0.4 is 5.32 Å². The van der Waals surface area contributed by atoms with Gasteiger partial charge < -0.3 is 19.4 Å². The molecule has 0 aromatic carbocycles. The first kappa shape index (κ1) is 16.5. The quantitative estimate of drug-likeness (QED) is 0.867. The van der Waals surface area contributed by atoms with Crippen molar-refractivity contribution in [2.45, 2.75) is 39.8 Å². The molecule has 20 heavy (non-hydrogen) atoms. The minimum absolute atomic E-state index is 0.292. The van der Waals surface area contributed by atoms with Crippen LogP contribution in [-0.2, 0) is 11.3 Å². The van der Waals surface area contributed by atoms with Gasteiger partial charge in [0.2, 0.25) is 0 Å². The minimum atomic E-state index is -0.459. The first-order chi connectivity index (χ1) is 9.28. The van der Waals surface area contributed by atoms with E-state index in [1.807, 2.05) is 20.8 Å². The standard InChI is InChI=1S/C14H25N3O3/c1-11(6-15-7-12-8-16-10-19-12)9-17(5)13(18)20-14(2,3)4/h8,10-11,15H,6-7,9H2,1-5H3.